The third-order valence-electron chi connectivity index (χ3n) is 7.39. The maximum atomic E-state index is 6.69. The minimum absolute atomic E-state index is 0.407. The molecular formula is C27H29N3Si. The van der Waals surface area contributed by atoms with Crippen molar-refractivity contribution in [3.05, 3.63) is 94.1 Å². The van der Waals surface area contributed by atoms with Gasteiger partial charge in [-0.1, -0.05) is 67.7 Å². The Labute approximate surface area is 185 Å². The summed E-state index contributed by atoms with van der Waals surface area (Å²) < 4.78 is 0. The van der Waals surface area contributed by atoms with Crippen molar-refractivity contribution in [2.24, 2.45) is 10.7 Å². The Morgan fingerprint density at radius 1 is 1.10 bits per heavy atom. The van der Waals surface area contributed by atoms with Crippen LogP contribution in [0.15, 0.2) is 88.0 Å². The molecule has 156 valence electrons. The lowest BCUT2D eigenvalue weighted by Crippen LogP contribution is -2.53. The van der Waals surface area contributed by atoms with Crippen molar-refractivity contribution >= 4 is 24.7 Å². The van der Waals surface area contributed by atoms with E-state index in [4.69, 9.17) is 10.7 Å². The van der Waals surface area contributed by atoms with E-state index in [1.165, 1.54) is 32.9 Å². The molecule has 6 rings (SSSR count). The molecule has 0 aromatic heterocycles. The van der Waals surface area contributed by atoms with Crippen molar-refractivity contribution in [1.82, 2.24) is 0 Å². The molecule has 0 radical (unpaired) electrons. The molecule has 4 aliphatic rings. The molecule has 0 spiro atoms. The quantitative estimate of drug-likeness (QED) is 0.682. The van der Waals surface area contributed by atoms with Crippen LogP contribution in [0.2, 0.25) is 13.1 Å². The topological polar surface area (TPSA) is 41.6 Å². The molecule has 2 heterocycles. The minimum atomic E-state index is -1.77. The van der Waals surface area contributed by atoms with Gasteiger partial charge in [0.15, 0.2) is 0 Å². The zero-order valence-electron chi connectivity index (χ0n) is 18.5. The molecule has 31 heavy (non-hydrogen) atoms. The molecule has 1 saturated carbocycles. The number of rotatable bonds is 2. The molecule has 4 heteroatoms. The Hall–Kier alpha value is -2.85. The number of aliphatic imine (C=N–C) groups is 1. The van der Waals surface area contributed by atoms with Gasteiger partial charge in [0.05, 0.1) is 17.5 Å². The van der Waals surface area contributed by atoms with E-state index in [-0.39, 0.29) is 0 Å². The lowest BCUT2D eigenvalue weighted by Gasteiger charge is -2.44. The number of nitrogens with two attached hydrogens (primary N) is 1. The molecule has 0 amide bonds. The Morgan fingerprint density at radius 3 is 2.71 bits per heavy atom. The molecule has 1 unspecified atom stereocenters. The predicted molar refractivity (Wildman–Crippen MR) is 132 cm³/mol. The maximum Gasteiger partial charge on any atom is 0.117 e. The summed E-state index contributed by atoms with van der Waals surface area (Å²) in [6.45, 7) is 7.00. The van der Waals surface area contributed by atoms with Gasteiger partial charge in [0.25, 0.3) is 0 Å². The van der Waals surface area contributed by atoms with Crippen molar-refractivity contribution in [2.75, 3.05) is 4.90 Å². The minimum Gasteiger partial charge on any atom is -0.401 e. The Bertz CT molecular complexity index is 1230. The van der Waals surface area contributed by atoms with Gasteiger partial charge in [-0.15, -0.1) is 0 Å². The molecule has 2 aliphatic carbocycles. The molecule has 2 aliphatic heterocycles. The summed E-state index contributed by atoms with van der Waals surface area (Å²) in [5.41, 5.74) is 15.1. The maximum absolute atomic E-state index is 6.69. The smallest absolute Gasteiger partial charge is 0.117 e. The second-order valence-corrected chi connectivity index (χ2v) is 14.1. The third kappa shape index (κ3) is 2.67. The van der Waals surface area contributed by atoms with E-state index in [1.807, 2.05) is 6.92 Å². The van der Waals surface area contributed by atoms with Crippen molar-refractivity contribution in [3.63, 3.8) is 0 Å². The van der Waals surface area contributed by atoms with Gasteiger partial charge in [0.1, 0.15) is 8.07 Å². The van der Waals surface area contributed by atoms with E-state index in [0.29, 0.717) is 12.0 Å². The summed E-state index contributed by atoms with van der Waals surface area (Å²) >= 11 is 0. The first-order chi connectivity index (χ1) is 15.0. The van der Waals surface area contributed by atoms with E-state index >= 15 is 0 Å². The highest BCUT2D eigenvalue weighted by Crippen LogP contribution is 2.50. The largest absolute Gasteiger partial charge is 0.401 e. The van der Waals surface area contributed by atoms with E-state index in [2.05, 4.69) is 78.7 Å². The van der Waals surface area contributed by atoms with Crippen molar-refractivity contribution < 1.29 is 0 Å². The van der Waals surface area contributed by atoms with Gasteiger partial charge in [-0.25, -0.2) is 0 Å². The summed E-state index contributed by atoms with van der Waals surface area (Å²) in [5, 5.41) is 3.01. The van der Waals surface area contributed by atoms with Crippen LogP contribution in [0, 0.1) is 0 Å². The van der Waals surface area contributed by atoms with Gasteiger partial charge in [0.2, 0.25) is 0 Å². The van der Waals surface area contributed by atoms with Crippen LogP contribution in [0.1, 0.15) is 43.2 Å². The Balaban J connectivity index is 1.62. The zero-order chi connectivity index (χ0) is 21.3. The van der Waals surface area contributed by atoms with Crippen molar-refractivity contribution in [1.29, 1.82) is 0 Å². The lowest BCUT2D eigenvalue weighted by atomic mass is 9.93. The van der Waals surface area contributed by atoms with Crippen LogP contribution in [0.5, 0.6) is 0 Å². The number of benzene rings is 2. The lowest BCUT2D eigenvalue weighted by molar-refractivity contribution is 0.882. The number of hydrogen-bond donors (Lipinski definition) is 1. The summed E-state index contributed by atoms with van der Waals surface area (Å²) in [7, 11) is -1.77. The fraction of sp³-hybridized carbons (Fsp3) is 0.296. The molecular weight excluding hydrogens is 394 g/mol. The summed E-state index contributed by atoms with van der Waals surface area (Å²) in [6.07, 6.45) is 8.03. The van der Waals surface area contributed by atoms with Crippen LogP contribution in [0.3, 0.4) is 0 Å². The highest BCUT2D eigenvalue weighted by atomic mass is 28.3. The molecule has 2 N–H and O–H groups in total. The highest BCUT2D eigenvalue weighted by molar-refractivity contribution is 6.97. The number of nitrogens with zero attached hydrogens (tertiary/aromatic N) is 2. The number of allylic oxidation sites excluding steroid dienone is 6. The number of fused-ring (bicyclic) bond motifs is 4. The molecule has 2 aromatic rings. The van der Waals surface area contributed by atoms with Gasteiger partial charge in [0, 0.05) is 28.6 Å². The SMILES string of the molecule is C/C(N)=C(/C1=NC2C[C@H]2c2ccccc21)N1C2=C(C=CCC2)[Si](C)(C)c2ccccc21. The predicted octanol–water partition coefficient (Wildman–Crippen LogP) is 5.11. The van der Waals surface area contributed by atoms with E-state index in [9.17, 15) is 0 Å². The van der Waals surface area contributed by atoms with Gasteiger partial charge in [-0.05, 0) is 48.2 Å². The molecule has 2 atom stereocenters. The third-order valence-corrected chi connectivity index (χ3v) is 11.0. The zero-order valence-corrected chi connectivity index (χ0v) is 19.5. The van der Waals surface area contributed by atoms with Crippen LogP contribution < -0.4 is 15.8 Å². The second kappa shape index (κ2) is 6.57. The van der Waals surface area contributed by atoms with Crippen LogP contribution in [-0.2, 0) is 0 Å². The second-order valence-electron chi connectivity index (χ2n) is 9.79. The summed E-state index contributed by atoms with van der Waals surface area (Å²) in [6, 6.07) is 18.2. The van der Waals surface area contributed by atoms with E-state index < -0.39 is 8.07 Å². The van der Waals surface area contributed by atoms with Crippen LogP contribution in [0.4, 0.5) is 5.69 Å². The number of anilines is 1. The standard InChI is InChI=1S/C27H29N3Si/c1-17(28)27(26-19-11-5-4-10-18(19)20-16-21(20)29-26)30-22-12-6-8-14-24(22)31(2,3)25-15-9-7-13-23(25)30/h4-6,8-12,14-15,20-21H,7,13,16,28H2,1-3H3/b27-17+/t20-,21?/m0/s1. The monoisotopic (exact) mass is 423 g/mol. The van der Waals surface area contributed by atoms with Crippen molar-refractivity contribution in [3.8, 4) is 0 Å². The molecule has 2 aromatic carbocycles. The molecule has 0 bridgehead atoms. The van der Waals surface area contributed by atoms with Gasteiger partial charge < -0.3 is 10.6 Å². The average molecular weight is 424 g/mol. The molecule has 1 fully saturated rings. The average Bonchev–Trinajstić information content (AvgIpc) is 3.56. The van der Waals surface area contributed by atoms with E-state index in [1.54, 1.807) is 0 Å². The highest BCUT2D eigenvalue weighted by Gasteiger charge is 2.46. The first-order valence-electron chi connectivity index (χ1n) is 11.4. The number of para-hydroxylation sites is 1. The number of hydrogen-bond acceptors (Lipinski definition) is 3. The Kier molecular flexibility index (Phi) is 4.00. The Morgan fingerprint density at radius 2 is 1.87 bits per heavy atom. The first-order valence-corrected chi connectivity index (χ1v) is 14.4. The van der Waals surface area contributed by atoms with Crippen molar-refractivity contribution in [2.45, 2.75) is 51.2 Å². The summed E-state index contributed by atoms with van der Waals surface area (Å²) in [4.78, 5) is 7.72. The molecule has 3 nitrogen and oxygen atoms in total. The fourth-order valence-electron chi connectivity index (χ4n) is 5.78. The van der Waals surface area contributed by atoms with Crippen LogP contribution >= 0.6 is 0 Å². The fourth-order valence-corrected chi connectivity index (χ4v) is 8.92. The molecule has 0 saturated heterocycles. The normalized spacial score (nSPS) is 25.6. The van der Waals surface area contributed by atoms with E-state index in [0.717, 1.165) is 36.4 Å². The van der Waals surface area contributed by atoms with Crippen LogP contribution in [0.25, 0.3) is 0 Å². The van der Waals surface area contributed by atoms with Crippen LogP contribution in [-0.4, -0.2) is 19.8 Å². The van der Waals surface area contributed by atoms with Gasteiger partial charge >= 0.3 is 0 Å². The van der Waals surface area contributed by atoms with Gasteiger partial charge in [-0.2, -0.15) is 0 Å². The summed E-state index contributed by atoms with van der Waals surface area (Å²) in [5.74, 6) is 0.589. The van der Waals surface area contributed by atoms with Gasteiger partial charge in [-0.3, -0.25) is 4.99 Å². The first kappa shape index (κ1) is 18.9.